The second-order valence-electron chi connectivity index (χ2n) is 4.68. The van der Waals surface area contributed by atoms with Crippen LogP contribution in [0.5, 0.6) is 0 Å². The lowest BCUT2D eigenvalue weighted by Gasteiger charge is -2.17. The molecule has 0 fully saturated rings. The summed E-state index contributed by atoms with van der Waals surface area (Å²) < 4.78 is 26.7. The van der Waals surface area contributed by atoms with Crippen molar-refractivity contribution >= 4 is 33.4 Å². The summed E-state index contributed by atoms with van der Waals surface area (Å²) in [6, 6.07) is 4.42. The van der Waals surface area contributed by atoms with Crippen molar-refractivity contribution < 1.29 is 8.60 Å². The molecule has 3 atom stereocenters. The summed E-state index contributed by atoms with van der Waals surface area (Å²) in [6.07, 6.45) is 1.65. The van der Waals surface area contributed by atoms with Crippen LogP contribution in [0.15, 0.2) is 18.2 Å². The highest BCUT2D eigenvalue weighted by Gasteiger charge is 2.20. The number of benzene rings is 1. The molecule has 0 aliphatic heterocycles. The lowest BCUT2D eigenvalue weighted by atomic mass is 10.3. The van der Waals surface area contributed by atoms with Crippen molar-refractivity contribution in [3.63, 3.8) is 0 Å². The zero-order chi connectivity index (χ0) is 14.2. The zero-order valence-corrected chi connectivity index (χ0v) is 12.6. The van der Waals surface area contributed by atoms with Gasteiger partial charge in [-0.25, -0.2) is 9.37 Å². The largest absolute Gasteiger partial charge is 0.323 e. The molecule has 0 spiro atoms. The monoisotopic (exact) mass is 302 g/mol. The molecule has 0 saturated heterocycles. The molecule has 0 bridgehead atoms. The second kappa shape index (κ2) is 5.59. The summed E-state index contributed by atoms with van der Waals surface area (Å²) in [5, 5.41) is -0.289. The molecule has 19 heavy (non-hydrogen) atoms. The van der Waals surface area contributed by atoms with Gasteiger partial charge in [0.1, 0.15) is 11.6 Å². The molecule has 2 aromatic rings. The van der Waals surface area contributed by atoms with Gasteiger partial charge in [0.05, 0.1) is 16.4 Å². The third-order valence-corrected chi connectivity index (χ3v) is 4.10. The van der Waals surface area contributed by atoms with Crippen LogP contribution in [0.1, 0.15) is 31.1 Å². The fourth-order valence-corrected chi connectivity index (χ4v) is 3.23. The number of halogens is 2. The van der Waals surface area contributed by atoms with Crippen LogP contribution in [0.2, 0.25) is 0 Å². The number of fused-ring (bicyclic) bond motifs is 1. The van der Waals surface area contributed by atoms with Crippen molar-refractivity contribution in [3.05, 3.63) is 29.8 Å². The van der Waals surface area contributed by atoms with E-state index in [2.05, 4.69) is 4.98 Å². The highest BCUT2D eigenvalue weighted by atomic mass is 35.5. The summed E-state index contributed by atoms with van der Waals surface area (Å²) in [5.41, 5.74) is 1.40. The summed E-state index contributed by atoms with van der Waals surface area (Å²) in [5.74, 6) is 0.853. The van der Waals surface area contributed by atoms with Crippen molar-refractivity contribution in [3.8, 4) is 0 Å². The van der Waals surface area contributed by atoms with Gasteiger partial charge in [-0.1, -0.05) is 0 Å². The van der Waals surface area contributed by atoms with Gasteiger partial charge in [0.15, 0.2) is 0 Å². The summed E-state index contributed by atoms with van der Waals surface area (Å²) in [4.78, 5) is 4.45. The quantitative estimate of drug-likeness (QED) is 0.811. The Morgan fingerprint density at radius 1 is 1.47 bits per heavy atom. The molecule has 1 aromatic carbocycles. The number of aromatic nitrogens is 2. The highest BCUT2D eigenvalue weighted by molar-refractivity contribution is 7.84. The van der Waals surface area contributed by atoms with Gasteiger partial charge in [-0.05, 0) is 32.0 Å². The van der Waals surface area contributed by atoms with E-state index in [0.717, 1.165) is 0 Å². The first kappa shape index (κ1) is 14.5. The molecule has 6 heteroatoms. The van der Waals surface area contributed by atoms with Crippen molar-refractivity contribution in [1.29, 1.82) is 0 Å². The molecule has 1 heterocycles. The fourth-order valence-electron chi connectivity index (χ4n) is 2.24. The number of nitrogens with zero attached hydrogens (tertiary/aromatic N) is 2. The predicted octanol–water partition coefficient (Wildman–Crippen LogP) is 3.41. The predicted molar refractivity (Wildman–Crippen MR) is 77.6 cm³/mol. The van der Waals surface area contributed by atoms with Gasteiger partial charge in [0.2, 0.25) is 0 Å². The van der Waals surface area contributed by atoms with Gasteiger partial charge in [-0.2, -0.15) is 0 Å². The van der Waals surface area contributed by atoms with Crippen molar-refractivity contribution in [2.75, 3.05) is 12.0 Å². The van der Waals surface area contributed by atoms with Gasteiger partial charge >= 0.3 is 0 Å². The minimum absolute atomic E-state index is 0.0474. The van der Waals surface area contributed by atoms with E-state index in [0.29, 0.717) is 22.6 Å². The molecule has 0 radical (unpaired) electrons. The number of alkyl halides is 1. The SMILES string of the molecule is CC(Cl)c1nc2ccc(F)cc2n1C(C)CS(C)=O. The first-order valence-electron chi connectivity index (χ1n) is 6.01. The minimum atomic E-state index is -0.935. The molecular formula is C13H16ClFN2OS. The number of imidazole rings is 1. The van der Waals surface area contributed by atoms with E-state index >= 15 is 0 Å². The Balaban J connectivity index is 2.63. The van der Waals surface area contributed by atoms with E-state index in [4.69, 9.17) is 11.6 Å². The Labute approximate surface area is 119 Å². The average Bonchev–Trinajstić information content (AvgIpc) is 2.66. The van der Waals surface area contributed by atoms with Crippen LogP contribution in [0.4, 0.5) is 4.39 Å². The summed E-state index contributed by atoms with van der Waals surface area (Å²) >= 11 is 6.15. The van der Waals surface area contributed by atoms with E-state index in [1.807, 2.05) is 18.4 Å². The van der Waals surface area contributed by atoms with Crippen molar-refractivity contribution in [2.45, 2.75) is 25.3 Å². The third kappa shape index (κ3) is 2.98. The average molecular weight is 303 g/mol. The molecule has 0 saturated carbocycles. The van der Waals surface area contributed by atoms with Gasteiger partial charge in [0, 0.05) is 28.9 Å². The molecule has 1 aromatic heterocycles. The minimum Gasteiger partial charge on any atom is -0.323 e. The smallest absolute Gasteiger partial charge is 0.127 e. The normalized spacial score (nSPS) is 16.5. The molecule has 0 aliphatic carbocycles. The molecule has 0 amide bonds. The maximum absolute atomic E-state index is 13.4. The van der Waals surface area contributed by atoms with Gasteiger partial charge in [-0.15, -0.1) is 11.6 Å². The van der Waals surface area contributed by atoms with Gasteiger partial charge in [-0.3, -0.25) is 4.21 Å². The maximum Gasteiger partial charge on any atom is 0.127 e. The molecular weight excluding hydrogens is 287 g/mol. The van der Waals surface area contributed by atoms with E-state index in [1.165, 1.54) is 12.1 Å². The lowest BCUT2D eigenvalue weighted by Crippen LogP contribution is -2.16. The third-order valence-electron chi connectivity index (χ3n) is 2.95. The van der Waals surface area contributed by atoms with Crippen LogP contribution < -0.4 is 0 Å². The van der Waals surface area contributed by atoms with E-state index in [1.54, 1.807) is 12.3 Å². The first-order valence-corrected chi connectivity index (χ1v) is 8.18. The molecule has 2 rings (SSSR count). The number of hydrogen-bond donors (Lipinski definition) is 0. The summed E-state index contributed by atoms with van der Waals surface area (Å²) in [7, 11) is -0.935. The Hall–Kier alpha value is -0.940. The topological polar surface area (TPSA) is 34.9 Å². The van der Waals surface area contributed by atoms with E-state index in [-0.39, 0.29) is 17.2 Å². The molecule has 3 nitrogen and oxygen atoms in total. The molecule has 0 aliphatic rings. The number of rotatable bonds is 4. The first-order chi connectivity index (χ1) is 8.90. The Morgan fingerprint density at radius 3 is 2.74 bits per heavy atom. The Morgan fingerprint density at radius 2 is 2.16 bits per heavy atom. The fraction of sp³-hybridized carbons (Fsp3) is 0.462. The van der Waals surface area contributed by atoms with E-state index < -0.39 is 10.8 Å². The Kier molecular flexibility index (Phi) is 4.26. The van der Waals surface area contributed by atoms with Crippen molar-refractivity contribution in [1.82, 2.24) is 9.55 Å². The molecule has 0 N–H and O–H groups in total. The molecule has 3 unspecified atom stereocenters. The van der Waals surface area contributed by atoms with Crippen LogP contribution in [0.25, 0.3) is 11.0 Å². The Bertz CT molecular complexity index is 626. The van der Waals surface area contributed by atoms with E-state index in [9.17, 15) is 8.60 Å². The second-order valence-corrected chi connectivity index (χ2v) is 6.81. The van der Waals surface area contributed by atoms with Crippen LogP contribution in [0, 0.1) is 5.82 Å². The standard InChI is InChI=1S/C13H16ClFN2OS/c1-8(7-19(3)18)17-12-6-10(15)4-5-11(12)16-13(17)9(2)14/h4-6,8-9H,7H2,1-3H3. The number of hydrogen-bond acceptors (Lipinski definition) is 2. The molecule has 104 valence electrons. The highest BCUT2D eigenvalue weighted by Crippen LogP contribution is 2.28. The summed E-state index contributed by atoms with van der Waals surface area (Å²) in [6.45, 7) is 3.77. The van der Waals surface area contributed by atoms with Crippen LogP contribution >= 0.6 is 11.6 Å². The van der Waals surface area contributed by atoms with Crippen molar-refractivity contribution in [2.24, 2.45) is 0 Å². The zero-order valence-electron chi connectivity index (χ0n) is 11.1. The maximum atomic E-state index is 13.4. The van der Waals surface area contributed by atoms with Gasteiger partial charge in [0.25, 0.3) is 0 Å². The lowest BCUT2D eigenvalue weighted by molar-refractivity contribution is 0.580. The van der Waals surface area contributed by atoms with Crippen LogP contribution in [-0.2, 0) is 10.8 Å². The van der Waals surface area contributed by atoms with Gasteiger partial charge < -0.3 is 4.57 Å². The van der Waals surface area contributed by atoms with Crippen LogP contribution in [0.3, 0.4) is 0 Å². The van der Waals surface area contributed by atoms with Crippen LogP contribution in [-0.4, -0.2) is 25.8 Å².